The van der Waals surface area contributed by atoms with Crippen LogP contribution in [0.5, 0.6) is 23.0 Å². The molecule has 0 fully saturated rings. The minimum absolute atomic E-state index is 0.0702. The summed E-state index contributed by atoms with van der Waals surface area (Å²) in [5, 5.41) is 3.97. The van der Waals surface area contributed by atoms with Gasteiger partial charge in [-0.15, -0.1) is 6.58 Å². The van der Waals surface area contributed by atoms with Gasteiger partial charge in [-0.3, -0.25) is 4.79 Å². The molecule has 0 spiro atoms. The molecule has 0 unspecified atom stereocenters. The van der Waals surface area contributed by atoms with Gasteiger partial charge in [0.25, 0.3) is 5.91 Å². The van der Waals surface area contributed by atoms with Crippen LogP contribution >= 0.6 is 0 Å². The zero-order chi connectivity index (χ0) is 29.7. The van der Waals surface area contributed by atoms with Gasteiger partial charge < -0.3 is 18.9 Å². The number of allylic oxidation sites excluding steroid dienone is 1. The van der Waals surface area contributed by atoms with E-state index in [0.29, 0.717) is 34.6 Å². The standard InChI is InChI=1S/C33H28N2O7/c1-3-10-23-15-18-28(30(19-23)39-2)40-22-31(36)35-34-21-26-16-17-27(41-32(37)24-11-6-4-7-12-24)20-29(26)42-33(38)25-13-8-5-9-14-25/h3-9,11-21H,1,10,22H2,2H3,(H,35,36)/b34-21-. The Morgan fingerprint density at radius 1 is 0.786 bits per heavy atom. The second-order valence-electron chi connectivity index (χ2n) is 8.77. The predicted octanol–water partition coefficient (Wildman–Crippen LogP) is 5.39. The second kappa shape index (κ2) is 14.6. The van der Waals surface area contributed by atoms with E-state index in [-0.39, 0.29) is 18.1 Å². The van der Waals surface area contributed by atoms with Crippen molar-refractivity contribution in [2.45, 2.75) is 6.42 Å². The molecule has 4 rings (SSSR count). The van der Waals surface area contributed by atoms with Crippen molar-refractivity contribution in [1.29, 1.82) is 0 Å². The van der Waals surface area contributed by atoms with E-state index in [9.17, 15) is 14.4 Å². The van der Waals surface area contributed by atoms with E-state index < -0.39 is 17.8 Å². The molecule has 9 heteroatoms. The van der Waals surface area contributed by atoms with Crippen LogP contribution in [0.4, 0.5) is 0 Å². The van der Waals surface area contributed by atoms with Gasteiger partial charge in [0.05, 0.1) is 24.5 Å². The maximum atomic E-state index is 12.8. The molecule has 0 heterocycles. The van der Waals surface area contributed by atoms with Gasteiger partial charge >= 0.3 is 11.9 Å². The van der Waals surface area contributed by atoms with Crippen LogP contribution in [0.15, 0.2) is 115 Å². The zero-order valence-corrected chi connectivity index (χ0v) is 22.8. The lowest BCUT2D eigenvalue weighted by atomic mass is 10.1. The first-order chi connectivity index (χ1) is 20.5. The van der Waals surface area contributed by atoms with E-state index >= 15 is 0 Å². The van der Waals surface area contributed by atoms with Crippen LogP contribution in [0.2, 0.25) is 0 Å². The molecule has 9 nitrogen and oxygen atoms in total. The van der Waals surface area contributed by atoms with Crippen LogP contribution in [0, 0.1) is 0 Å². The van der Waals surface area contributed by atoms with E-state index in [1.807, 2.05) is 12.1 Å². The fourth-order valence-corrected chi connectivity index (χ4v) is 3.72. The molecule has 1 N–H and O–H groups in total. The summed E-state index contributed by atoms with van der Waals surface area (Å²) in [4.78, 5) is 37.7. The molecule has 0 atom stereocenters. The quantitative estimate of drug-likeness (QED) is 0.0807. The van der Waals surface area contributed by atoms with Gasteiger partial charge in [-0.05, 0) is 60.5 Å². The lowest BCUT2D eigenvalue weighted by Crippen LogP contribution is -2.24. The third kappa shape index (κ3) is 8.15. The Hall–Kier alpha value is -5.70. The number of carbonyl (C=O) groups excluding carboxylic acids is 3. The number of nitrogens with zero attached hydrogens (tertiary/aromatic N) is 1. The molecule has 4 aromatic rings. The summed E-state index contributed by atoms with van der Waals surface area (Å²) in [6.45, 7) is 3.40. The van der Waals surface area contributed by atoms with Crippen molar-refractivity contribution >= 4 is 24.1 Å². The molecule has 0 aliphatic rings. The molecule has 0 radical (unpaired) electrons. The highest BCUT2D eigenvalue weighted by Crippen LogP contribution is 2.28. The van der Waals surface area contributed by atoms with Crippen molar-refractivity contribution in [3.05, 3.63) is 132 Å². The second-order valence-corrected chi connectivity index (χ2v) is 8.77. The summed E-state index contributed by atoms with van der Waals surface area (Å²) in [7, 11) is 1.51. The van der Waals surface area contributed by atoms with E-state index in [0.717, 1.165) is 5.56 Å². The molecule has 0 aliphatic carbocycles. The monoisotopic (exact) mass is 564 g/mol. The van der Waals surface area contributed by atoms with Gasteiger partial charge in [0, 0.05) is 11.6 Å². The van der Waals surface area contributed by atoms with Gasteiger partial charge in [0.15, 0.2) is 18.1 Å². The highest BCUT2D eigenvalue weighted by Gasteiger charge is 2.15. The largest absolute Gasteiger partial charge is 0.493 e. The molecule has 42 heavy (non-hydrogen) atoms. The Bertz CT molecular complexity index is 1590. The van der Waals surface area contributed by atoms with Gasteiger partial charge in [-0.2, -0.15) is 5.10 Å². The number of esters is 2. The number of methoxy groups -OCH3 is 1. The summed E-state index contributed by atoms with van der Waals surface area (Å²) in [6, 6.07) is 26.7. The molecule has 0 saturated carbocycles. The van der Waals surface area contributed by atoms with Crippen LogP contribution in [-0.2, 0) is 11.2 Å². The van der Waals surface area contributed by atoms with Gasteiger partial charge in [0.1, 0.15) is 11.5 Å². The number of hydrogen-bond donors (Lipinski definition) is 1. The molecule has 0 bridgehead atoms. The molecule has 0 aromatic heterocycles. The number of hydrogen-bond acceptors (Lipinski definition) is 8. The predicted molar refractivity (Wildman–Crippen MR) is 157 cm³/mol. The summed E-state index contributed by atoms with van der Waals surface area (Å²) in [5.74, 6) is -0.606. The average molecular weight is 565 g/mol. The molecule has 0 aliphatic heterocycles. The minimum Gasteiger partial charge on any atom is -0.493 e. The van der Waals surface area contributed by atoms with Crippen molar-refractivity contribution < 1.29 is 33.3 Å². The summed E-state index contributed by atoms with van der Waals surface area (Å²) in [6.07, 6.45) is 3.75. The fraction of sp³-hybridized carbons (Fsp3) is 0.0909. The molecule has 4 aromatic carbocycles. The number of hydrazone groups is 1. The number of rotatable bonds is 12. The molecular formula is C33H28N2O7. The molecule has 212 valence electrons. The number of ether oxygens (including phenoxy) is 4. The number of nitrogens with one attached hydrogen (secondary N) is 1. The van der Waals surface area contributed by atoms with E-state index in [4.69, 9.17) is 18.9 Å². The maximum absolute atomic E-state index is 12.8. The Balaban J connectivity index is 1.45. The van der Waals surface area contributed by atoms with Crippen molar-refractivity contribution in [2.75, 3.05) is 13.7 Å². The van der Waals surface area contributed by atoms with Crippen molar-refractivity contribution in [2.24, 2.45) is 5.10 Å². The summed E-state index contributed by atoms with van der Waals surface area (Å²) >= 11 is 0. The number of amides is 1. The Labute approximate surface area is 243 Å². The number of carbonyl (C=O) groups is 3. The Kier molecular flexibility index (Phi) is 10.2. The summed E-state index contributed by atoms with van der Waals surface area (Å²) < 4.78 is 22.0. The smallest absolute Gasteiger partial charge is 0.343 e. The molecular weight excluding hydrogens is 536 g/mol. The Morgan fingerprint density at radius 2 is 1.45 bits per heavy atom. The van der Waals surface area contributed by atoms with Crippen molar-refractivity contribution in [3.8, 4) is 23.0 Å². The molecule has 0 saturated heterocycles. The first-order valence-electron chi connectivity index (χ1n) is 12.9. The highest BCUT2D eigenvalue weighted by atomic mass is 16.5. The highest BCUT2D eigenvalue weighted by molar-refractivity contribution is 5.94. The van der Waals surface area contributed by atoms with E-state index in [1.165, 1.54) is 25.5 Å². The van der Waals surface area contributed by atoms with Crippen LogP contribution in [0.3, 0.4) is 0 Å². The van der Waals surface area contributed by atoms with Gasteiger partial charge in [-0.25, -0.2) is 15.0 Å². The topological polar surface area (TPSA) is 113 Å². The van der Waals surface area contributed by atoms with Crippen LogP contribution in [-0.4, -0.2) is 37.8 Å². The summed E-state index contributed by atoms with van der Waals surface area (Å²) in [5.41, 5.74) is 4.40. The first-order valence-corrected chi connectivity index (χ1v) is 12.9. The van der Waals surface area contributed by atoms with Crippen molar-refractivity contribution in [3.63, 3.8) is 0 Å². The van der Waals surface area contributed by atoms with Gasteiger partial charge in [0.2, 0.25) is 0 Å². The average Bonchev–Trinajstić information content (AvgIpc) is 3.02. The first kappa shape index (κ1) is 29.3. The van der Waals surface area contributed by atoms with Crippen LogP contribution < -0.4 is 24.4 Å². The lowest BCUT2D eigenvalue weighted by Gasteiger charge is -2.11. The maximum Gasteiger partial charge on any atom is 0.343 e. The fourth-order valence-electron chi connectivity index (χ4n) is 3.72. The van der Waals surface area contributed by atoms with Crippen LogP contribution in [0.25, 0.3) is 0 Å². The van der Waals surface area contributed by atoms with Crippen molar-refractivity contribution in [1.82, 2.24) is 5.43 Å². The molecule has 1 amide bonds. The third-order valence-electron chi connectivity index (χ3n) is 5.78. The minimum atomic E-state index is -0.623. The zero-order valence-electron chi connectivity index (χ0n) is 22.8. The van der Waals surface area contributed by atoms with Gasteiger partial charge in [-0.1, -0.05) is 48.5 Å². The normalized spacial score (nSPS) is 10.5. The van der Waals surface area contributed by atoms with Crippen LogP contribution in [0.1, 0.15) is 31.8 Å². The SMILES string of the molecule is C=CCc1ccc(OCC(=O)N/N=C\c2ccc(OC(=O)c3ccccc3)cc2OC(=O)c2ccccc2)c(OC)c1. The van der Waals surface area contributed by atoms with E-state index in [2.05, 4.69) is 17.1 Å². The Morgan fingerprint density at radius 3 is 2.10 bits per heavy atom. The third-order valence-corrected chi connectivity index (χ3v) is 5.78. The lowest BCUT2D eigenvalue weighted by molar-refractivity contribution is -0.123. The van der Waals surface area contributed by atoms with E-state index in [1.54, 1.807) is 78.9 Å². The number of benzene rings is 4.